The Kier molecular flexibility index (Phi) is 21.5. The highest BCUT2D eigenvalue weighted by atomic mass is 35.5. The third-order valence-corrected chi connectivity index (χ3v) is 11.9. The number of nitro benzene ring substituents is 1. The second-order valence-electron chi connectivity index (χ2n) is 13.4. The van der Waals surface area contributed by atoms with Gasteiger partial charge in [-0.1, -0.05) is 11.6 Å². The molecule has 342 valence electrons. The standard InChI is InChI=1S/C15H15ClFN3O3S2.C14H13NO7S.C3H8NO5P.C3H9S/c1-23-13(21)8-24-12-7-11(10(17)6-9(12)16)18-14-19-4-2-3-5-20(19)15(22)25-14;1-23(21,22)8-5-6-9(10(7-8)15(19)20)14(18)13-11(16)3-2-4-12(13)17;5-3(6)1-4-2-10(7,8)9;1-4(2)3/h6-7H,2-5,8H2,1H3;5-7,13H,2-4H2,1H3;4H,1-2H2,(H,5,6)(H2,7,8,9);1-3H3/q;;;+1/p-1. The first-order valence-electron chi connectivity index (χ1n) is 17.8. The number of ketones is 3. The molecule has 20 nitrogen and oxygen atoms in total. The molecule has 1 unspecified atom stereocenters. The number of nitro groups is 1. The lowest BCUT2D eigenvalue weighted by atomic mass is 9.81. The van der Waals surface area contributed by atoms with Crippen LogP contribution >= 0.6 is 42.3 Å². The van der Waals surface area contributed by atoms with Crippen molar-refractivity contribution in [2.24, 2.45) is 10.9 Å². The van der Waals surface area contributed by atoms with E-state index in [1.54, 1.807) is 9.36 Å². The molecule has 0 spiro atoms. The van der Waals surface area contributed by atoms with E-state index in [0.717, 1.165) is 66.5 Å². The number of nitrogens with one attached hydrogen (secondary N) is 1. The monoisotopic (exact) mass is 987 g/mol. The highest BCUT2D eigenvalue weighted by molar-refractivity contribution is 8.00. The summed E-state index contributed by atoms with van der Waals surface area (Å²) in [4.78, 5) is 102. The minimum absolute atomic E-state index is 0.0605. The Balaban J connectivity index is 0.000000330. The van der Waals surface area contributed by atoms with E-state index in [9.17, 15) is 61.1 Å². The summed E-state index contributed by atoms with van der Waals surface area (Å²) in [5.74, 6) is -5.71. The van der Waals surface area contributed by atoms with E-state index in [4.69, 9.17) is 21.6 Å². The number of methoxy groups -OCH3 is 1. The molecular formula is C35H44ClFN5O15PS4. The molecule has 3 N–H and O–H groups in total. The van der Waals surface area contributed by atoms with Crippen molar-refractivity contribution in [3.05, 3.63) is 71.3 Å². The van der Waals surface area contributed by atoms with Crippen LogP contribution in [-0.2, 0) is 62.3 Å². The molecule has 0 radical (unpaired) electrons. The number of Topliss-reactive ketones (excluding diaryl/α,β-unsaturated/α-hetero) is 3. The van der Waals surface area contributed by atoms with Crippen LogP contribution in [0.2, 0.25) is 5.02 Å². The summed E-state index contributed by atoms with van der Waals surface area (Å²) in [6, 6.07) is 5.44. The van der Waals surface area contributed by atoms with E-state index < -0.39 is 87.5 Å². The molecule has 3 aromatic rings. The van der Waals surface area contributed by atoms with Gasteiger partial charge in [0, 0.05) is 43.1 Å². The summed E-state index contributed by atoms with van der Waals surface area (Å²) in [6.45, 7) is 0.845. The van der Waals surface area contributed by atoms with Gasteiger partial charge < -0.3 is 24.2 Å². The number of ether oxygens (including phenoxy) is 1. The van der Waals surface area contributed by atoms with E-state index in [0.29, 0.717) is 40.1 Å². The molecular weight excluding hydrogens is 944 g/mol. The minimum atomic E-state index is -4.35. The Hall–Kier alpha value is -4.07. The average Bonchev–Trinajstić information content (AvgIpc) is 3.48. The van der Waals surface area contributed by atoms with Gasteiger partial charge in [0.2, 0.25) is 4.80 Å². The molecule has 1 atom stereocenters. The fraction of sp³-hybridized carbons (Fsp3) is 0.457. The number of sulfone groups is 1. The number of halogens is 2. The molecule has 0 bridgehead atoms. The predicted octanol–water partition coefficient (Wildman–Crippen LogP) is 2.57. The Morgan fingerprint density at radius 1 is 1.10 bits per heavy atom. The number of aromatic nitrogens is 2. The van der Waals surface area contributed by atoms with Gasteiger partial charge in [-0.05, 0) is 65.8 Å². The van der Waals surface area contributed by atoms with Crippen molar-refractivity contribution in [3.63, 3.8) is 0 Å². The van der Waals surface area contributed by atoms with E-state index in [1.165, 1.54) is 13.2 Å². The molecule has 2 aromatic carbocycles. The van der Waals surface area contributed by atoms with Crippen molar-refractivity contribution < 1.29 is 65.9 Å². The van der Waals surface area contributed by atoms with Gasteiger partial charge in [-0.25, -0.2) is 22.5 Å². The number of carboxylic acid groups (broad SMARTS) is 1. The number of carbonyl (C=O) groups excluding carboxylic acids is 4. The molecule has 2 aliphatic rings. The summed E-state index contributed by atoms with van der Waals surface area (Å²) in [7, 11) is -6.11. The molecule has 1 aliphatic carbocycles. The molecule has 1 aliphatic heterocycles. The fourth-order valence-electron chi connectivity index (χ4n) is 5.19. The molecule has 0 amide bonds. The highest BCUT2D eigenvalue weighted by Gasteiger charge is 2.39. The molecule has 0 saturated heterocycles. The lowest BCUT2D eigenvalue weighted by molar-refractivity contribution is -0.385. The number of thioether (sulfide) groups is 1. The second kappa shape index (κ2) is 24.7. The largest absolute Gasteiger partial charge is 0.778 e. The smallest absolute Gasteiger partial charge is 0.325 e. The average molecular weight is 988 g/mol. The lowest BCUT2D eigenvalue weighted by Crippen LogP contribution is -2.35. The number of hydrogen-bond donors (Lipinski definition) is 3. The van der Waals surface area contributed by atoms with Gasteiger partial charge in [-0.2, -0.15) is 0 Å². The third kappa shape index (κ3) is 17.6. The van der Waals surface area contributed by atoms with Crippen LogP contribution < -0.4 is 19.9 Å². The molecule has 1 fully saturated rings. The minimum Gasteiger partial charge on any atom is -0.778 e. The maximum absolute atomic E-state index is 14.3. The first-order chi connectivity index (χ1) is 28.8. The van der Waals surface area contributed by atoms with Gasteiger partial charge in [0.15, 0.2) is 27.2 Å². The summed E-state index contributed by atoms with van der Waals surface area (Å²) in [6.07, 6.45) is 9.14. The number of aliphatic carboxylic acids is 1. The number of carbonyl (C=O) groups is 5. The zero-order valence-electron chi connectivity index (χ0n) is 33.9. The maximum Gasteiger partial charge on any atom is 0.325 e. The number of rotatable bonds is 12. The van der Waals surface area contributed by atoms with Gasteiger partial charge in [0.25, 0.3) is 5.69 Å². The molecule has 1 aromatic heterocycles. The number of benzene rings is 2. The number of hydrogen-bond acceptors (Lipinski definition) is 17. The summed E-state index contributed by atoms with van der Waals surface area (Å²) >= 11 is 8.17. The van der Waals surface area contributed by atoms with Crippen LogP contribution in [0.3, 0.4) is 0 Å². The van der Waals surface area contributed by atoms with Crippen LogP contribution in [0.5, 0.6) is 0 Å². The van der Waals surface area contributed by atoms with Crippen molar-refractivity contribution in [2.75, 3.05) is 50.7 Å². The van der Waals surface area contributed by atoms with Gasteiger partial charge in [0.1, 0.15) is 25.0 Å². The quantitative estimate of drug-likeness (QED) is 0.0343. The molecule has 5 rings (SSSR count). The van der Waals surface area contributed by atoms with E-state index in [2.05, 4.69) is 28.5 Å². The normalized spacial score (nSPS) is 15.1. The van der Waals surface area contributed by atoms with E-state index in [1.807, 2.05) is 5.32 Å². The maximum atomic E-state index is 14.3. The number of carboxylic acids is 1. The van der Waals surface area contributed by atoms with Crippen LogP contribution in [0, 0.1) is 21.8 Å². The Morgan fingerprint density at radius 2 is 1.68 bits per heavy atom. The van der Waals surface area contributed by atoms with Crippen LogP contribution in [0.4, 0.5) is 15.8 Å². The first-order valence-corrected chi connectivity index (χ1v) is 26.1. The van der Waals surface area contributed by atoms with Crippen molar-refractivity contribution in [3.8, 4) is 0 Å². The molecule has 2 heterocycles. The van der Waals surface area contributed by atoms with Crippen LogP contribution in [-0.4, -0.2) is 113 Å². The van der Waals surface area contributed by atoms with Crippen molar-refractivity contribution >= 4 is 104 Å². The summed E-state index contributed by atoms with van der Waals surface area (Å²) < 4.78 is 55.2. The topological polar surface area (TPSA) is 304 Å². The second-order valence-corrected chi connectivity index (χ2v) is 21.8. The van der Waals surface area contributed by atoms with Gasteiger partial charge in [-0.15, -0.1) is 11.8 Å². The fourth-order valence-corrected chi connectivity index (χ4v) is 8.21. The summed E-state index contributed by atoms with van der Waals surface area (Å²) in [5.41, 5.74) is -1.08. The van der Waals surface area contributed by atoms with E-state index >= 15 is 0 Å². The first kappa shape index (κ1) is 54.1. The SMILES string of the molecule is COC(=O)CSc1cc(N=c2sc(=O)n3n2CCCC3)c(F)cc1Cl.CS(=O)(=O)c1ccc(C(=O)C2C(=O)CCCC2=O)c([N+](=O)[O-])c1.C[S+](C)C.O=C(O)CNCP(=O)([O-])O. The van der Waals surface area contributed by atoms with Gasteiger partial charge in [0.05, 0.1) is 64.9 Å². The van der Waals surface area contributed by atoms with Gasteiger partial charge >= 0.3 is 16.8 Å². The number of nitrogens with zero attached hydrogens (tertiary/aromatic N) is 4. The summed E-state index contributed by atoms with van der Waals surface area (Å²) in [5, 5.41) is 21.3. The molecule has 1 saturated carbocycles. The van der Waals surface area contributed by atoms with Crippen molar-refractivity contribution in [2.45, 2.75) is 55.0 Å². The predicted molar refractivity (Wildman–Crippen MR) is 229 cm³/mol. The highest BCUT2D eigenvalue weighted by Crippen LogP contribution is 2.33. The van der Waals surface area contributed by atoms with Crippen molar-refractivity contribution in [1.82, 2.24) is 14.7 Å². The lowest BCUT2D eigenvalue weighted by Gasteiger charge is -2.18. The number of esters is 1. The Labute approximate surface area is 370 Å². The van der Waals surface area contributed by atoms with Gasteiger partial charge in [-0.3, -0.25) is 48.9 Å². The van der Waals surface area contributed by atoms with Crippen LogP contribution in [0.15, 0.2) is 49.9 Å². The van der Waals surface area contributed by atoms with E-state index in [-0.39, 0.29) is 39.1 Å². The van der Waals surface area contributed by atoms with Crippen molar-refractivity contribution in [1.29, 1.82) is 0 Å². The zero-order valence-corrected chi connectivity index (χ0v) is 38.8. The zero-order chi connectivity index (χ0) is 47.1. The van der Waals surface area contributed by atoms with Crippen LogP contribution in [0.1, 0.15) is 42.5 Å². The molecule has 27 heteroatoms. The molecule has 62 heavy (non-hydrogen) atoms. The van der Waals surface area contributed by atoms with Crippen LogP contribution in [0.25, 0.3) is 0 Å². The number of fused-ring (bicyclic) bond motifs is 1. The Morgan fingerprint density at radius 3 is 2.19 bits per heavy atom. The third-order valence-electron chi connectivity index (χ3n) is 7.88. The Bertz CT molecular complexity index is 2430.